The molecule has 0 saturated heterocycles. The fourth-order valence-corrected chi connectivity index (χ4v) is 3.35. The maximum Gasteiger partial charge on any atom is 0.416 e. The number of ether oxygens (including phenoxy) is 1. The number of esters is 1. The van der Waals surface area contributed by atoms with E-state index in [-0.39, 0.29) is 30.0 Å². The van der Waals surface area contributed by atoms with Gasteiger partial charge in [0.1, 0.15) is 0 Å². The van der Waals surface area contributed by atoms with Gasteiger partial charge in [0, 0.05) is 23.0 Å². The van der Waals surface area contributed by atoms with Gasteiger partial charge in [0.05, 0.1) is 21.3 Å². The normalized spacial score (nSPS) is 11.1. The first-order valence-electron chi connectivity index (χ1n) is 9.45. The summed E-state index contributed by atoms with van der Waals surface area (Å²) in [4.78, 5) is 35.8. The van der Waals surface area contributed by atoms with Crippen LogP contribution in [0.5, 0.6) is 0 Å². The van der Waals surface area contributed by atoms with Crippen molar-refractivity contribution < 1.29 is 32.3 Å². The monoisotopic (exact) mass is 568 g/mol. The van der Waals surface area contributed by atoms with Gasteiger partial charge in [-0.15, -0.1) is 0 Å². The first kappa shape index (κ1) is 26.9. The molecule has 178 valence electrons. The second-order valence-corrected chi connectivity index (χ2v) is 8.48. The van der Waals surface area contributed by atoms with E-state index < -0.39 is 36.1 Å². The van der Waals surface area contributed by atoms with Crippen LogP contribution in [0.15, 0.2) is 34.8 Å². The molecule has 2 aromatic carbocycles. The maximum atomic E-state index is 12.8. The average Bonchev–Trinajstić information content (AvgIpc) is 2.73. The second kappa shape index (κ2) is 11.7. The van der Waals surface area contributed by atoms with Gasteiger partial charge < -0.3 is 15.4 Å². The lowest BCUT2D eigenvalue weighted by atomic mass is 10.2. The highest BCUT2D eigenvalue weighted by Crippen LogP contribution is 2.34. The predicted octanol–water partition coefficient (Wildman–Crippen LogP) is 6.37. The SMILES string of the molecule is Cc1c(NC(=O)COC(=O)CCCC(=O)Nc2cc(C(F)(F)F)ccc2Cl)ccc(Br)c1Cl. The molecule has 0 bridgehead atoms. The molecule has 2 rings (SSSR count). The summed E-state index contributed by atoms with van der Waals surface area (Å²) >= 11 is 15.2. The van der Waals surface area contributed by atoms with E-state index in [0.717, 1.165) is 18.2 Å². The number of benzene rings is 2. The standard InChI is InChI=1S/C21H18BrCl2F3N2O4/c1-11-15(8-6-13(22)20(11)24)28-18(31)10-33-19(32)4-2-3-17(30)29-16-9-12(21(25,26)27)5-7-14(16)23/h5-9H,2-4,10H2,1H3,(H,28,31)(H,29,30). The summed E-state index contributed by atoms with van der Waals surface area (Å²) in [5, 5.41) is 5.25. The Morgan fingerprint density at radius 2 is 1.67 bits per heavy atom. The van der Waals surface area contributed by atoms with E-state index in [1.54, 1.807) is 19.1 Å². The molecule has 2 amide bonds. The second-order valence-electron chi connectivity index (χ2n) is 6.84. The molecule has 0 aliphatic heterocycles. The van der Waals surface area contributed by atoms with Crippen LogP contribution in [-0.4, -0.2) is 24.4 Å². The molecule has 0 radical (unpaired) electrons. The number of rotatable bonds is 8. The first-order chi connectivity index (χ1) is 15.4. The largest absolute Gasteiger partial charge is 0.456 e. The molecule has 0 aromatic heterocycles. The molecule has 6 nitrogen and oxygen atoms in total. The highest BCUT2D eigenvalue weighted by Gasteiger charge is 2.31. The van der Waals surface area contributed by atoms with E-state index >= 15 is 0 Å². The summed E-state index contributed by atoms with van der Waals surface area (Å²) < 4.78 is 43.9. The van der Waals surface area contributed by atoms with Crippen molar-refractivity contribution in [1.29, 1.82) is 0 Å². The Hall–Kier alpha value is -2.30. The van der Waals surface area contributed by atoms with Crippen LogP contribution in [-0.2, 0) is 25.3 Å². The quantitative estimate of drug-likeness (QED) is 0.362. The lowest BCUT2D eigenvalue weighted by Gasteiger charge is -2.12. The van der Waals surface area contributed by atoms with Crippen molar-refractivity contribution in [2.24, 2.45) is 0 Å². The summed E-state index contributed by atoms with van der Waals surface area (Å²) in [6.07, 6.45) is -4.85. The van der Waals surface area contributed by atoms with Crippen LogP contribution in [0.1, 0.15) is 30.4 Å². The molecule has 0 atom stereocenters. The van der Waals surface area contributed by atoms with Gasteiger partial charge in [-0.05, 0) is 65.2 Å². The van der Waals surface area contributed by atoms with Gasteiger partial charge in [-0.3, -0.25) is 14.4 Å². The van der Waals surface area contributed by atoms with Gasteiger partial charge >= 0.3 is 12.1 Å². The average molecular weight is 570 g/mol. The number of alkyl halides is 3. The molecule has 33 heavy (non-hydrogen) atoms. The molecule has 0 aliphatic rings. The van der Waals surface area contributed by atoms with Crippen molar-refractivity contribution >= 4 is 68.3 Å². The molecule has 2 N–H and O–H groups in total. The molecule has 0 fully saturated rings. The summed E-state index contributed by atoms with van der Waals surface area (Å²) in [5.74, 6) is -1.90. The third-order valence-electron chi connectivity index (χ3n) is 4.33. The Morgan fingerprint density at radius 1 is 1.00 bits per heavy atom. The number of halogens is 6. The fourth-order valence-electron chi connectivity index (χ4n) is 2.60. The van der Waals surface area contributed by atoms with Crippen molar-refractivity contribution in [2.45, 2.75) is 32.4 Å². The smallest absolute Gasteiger partial charge is 0.416 e. The molecule has 0 saturated carbocycles. The van der Waals surface area contributed by atoms with Gasteiger partial charge in [-0.25, -0.2) is 0 Å². The molecule has 0 spiro atoms. The van der Waals surface area contributed by atoms with E-state index in [1.165, 1.54) is 0 Å². The van der Waals surface area contributed by atoms with Crippen molar-refractivity contribution in [2.75, 3.05) is 17.2 Å². The van der Waals surface area contributed by atoms with Crippen LogP contribution >= 0.6 is 39.1 Å². The van der Waals surface area contributed by atoms with Crippen LogP contribution in [0.25, 0.3) is 0 Å². The zero-order chi connectivity index (χ0) is 24.8. The first-order valence-corrected chi connectivity index (χ1v) is 11.0. The fraction of sp³-hybridized carbons (Fsp3) is 0.286. The van der Waals surface area contributed by atoms with Crippen LogP contribution in [0.3, 0.4) is 0 Å². The third-order valence-corrected chi connectivity index (χ3v) is 6.04. The van der Waals surface area contributed by atoms with Crippen LogP contribution in [0.2, 0.25) is 10.0 Å². The van der Waals surface area contributed by atoms with E-state index in [2.05, 4.69) is 26.6 Å². The summed E-state index contributed by atoms with van der Waals surface area (Å²) in [5.41, 5.74) is -0.0319. The van der Waals surface area contributed by atoms with Crippen molar-refractivity contribution in [3.05, 3.63) is 56.0 Å². The lowest BCUT2D eigenvalue weighted by Crippen LogP contribution is -2.21. The number of hydrogen-bond donors (Lipinski definition) is 2. The van der Waals surface area contributed by atoms with E-state index in [0.29, 0.717) is 20.7 Å². The highest BCUT2D eigenvalue weighted by molar-refractivity contribution is 9.10. The molecule has 2 aromatic rings. The maximum absolute atomic E-state index is 12.8. The number of carbonyl (C=O) groups is 3. The Kier molecular flexibility index (Phi) is 9.57. The number of hydrogen-bond acceptors (Lipinski definition) is 4. The molecule has 0 aliphatic carbocycles. The van der Waals surface area contributed by atoms with Crippen LogP contribution in [0.4, 0.5) is 24.5 Å². The Balaban J connectivity index is 1.75. The lowest BCUT2D eigenvalue weighted by molar-refractivity contribution is -0.147. The Bertz CT molecular complexity index is 1060. The van der Waals surface area contributed by atoms with Gasteiger partial charge in [0.2, 0.25) is 5.91 Å². The van der Waals surface area contributed by atoms with Crippen LogP contribution in [0, 0.1) is 6.92 Å². The van der Waals surface area contributed by atoms with E-state index in [4.69, 9.17) is 27.9 Å². The van der Waals surface area contributed by atoms with Gasteiger partial charge in [0.15, 0.2) is 6.61 Å². The van der Waals surface area contributed by atoms with Gasteiger partial charge in [-0.1, -0.05) is 23.2 Å². The minimum Gasteiger partial charge on any atom is -0.456 e. The van der Waals surface area contributed by atoms with Crippen molar-refractivity contribution in [3.8, 4) is 0 Å². The summed E-state index contributed by atoms with van der Waals surface area (Å²) in [6, 6.07) is 5.87. The zero-order valence-corrected chi connectivity index (χ0v) is 20.2. The molecule has 0 heterocycles. The molecular formula is C21H18BrCl2F3N2O4. The number of amides is 2. The van der Waals surface area contributed by atoms with Crippen molar-refractivity contribution in [3.63, 3.8) is 0 Å². The number of carbonyl (C=O) groups excluding carboxylic acids is 3. The zero-order valence-electron chi connectivity index (χ0n) is 17.1. The molecule has 12 heteroatoms. The molecular weight excluding hydrogens is 552 g/mol. The number of anilines is 2. The Morgan fingerprint density at radius 3 is 2.33 bits per heavy atom. The minimum atomic E-state index is -4.58. The van der Waals surface area contributed by atoms with E-state index in [1.807, 2.05) is 0 Å². The van der Waals surface area contributed by atoms with E-state index in [9.17, 15) is 27.6 Å². The van der Waals surface area contributed by atoms with Crippen molar-refractivity contribution in [1.82, 2.24) is 0 Å². The Labute approximate surface area is 205 Å². The topological polar surface area (TPSA) is 84.5 Å². The third kappa shape index (κ3) is 8.21. The predicted molar refractivity (Wildman–Crippen MR) is 122 cm³/mol. The minimum absolute atomic E-state index is 0.0518. The molecule has 0 unspecified atom stereocenters. The van der Waals surface area contributed by atoms with Gasteiger partial charge in [-0.2, -0.15) is 13.2 Å². The van der Waals surface area contributed by atoms with Gasteiger partial charge in [0.25, 0.3) is 5.91 Å². The van der Waals surface area contributed by atoms with Crippen LogP contribution < -0.4 is 10.6 Å². The highest BCUT2D eigenvalue weighted by atomic mass is 79.9. The number of nitrogens with one attached hydrogen (secondary N) is 2. The summed E-state index contributed by atoms with van der Waals surface area (Å²) in [6.45, 7) is 1.18. The summed E-state index contributed by atoms with van der Waals surface area (Å²) in [7, 11) is 0.